The Morgan fingerprint density at radius 1 is 1.30 bits per heavy atom. The van der Waals surface area contributed by atoms with Crippen molar-refractivity contribution in [1.29, 1.82) is 0 Å². The van der Waals surface area contributed by atoms with E-state index in [1.165, 1.54) is 10.4 Å². The Bertz CT molecular complexity index is 482. The lowest BCUT2D eigenvalue weighted by Gasteiger charge is -2.17. The molecule has 1 unspecified atom stereocenters. The standard InChI is InChI=1S/C16H22N2OS/c1-3-18-14(10-16-11-17-12-20-16)7-4-13-5-8-15(19-2)9-6-13/h5-6,8-9,11-12,14,18H,3-4,7,10H2,1-2H3. The zero-order valence-electron chi connectivity index (χ0n) is 12.1. The minimum atomic E-state index is 0.516. The Morgan fingerprint density at radius 3 is 2.70 bits per heavy atom. The highest BCUT2D eigenvalue weighted by atomic mass is 32.1. The van der Waals surface area contributed by atoms with Crippen molar-refractivity contribution in [2.75, 3.05) is 13.7 Å². The molecule has 1 aromatic heterocycles. The molecule has 1 atom stereocenters. The van der Waals surface area contributed by atoms with E-state index in [1.807, 2.05) is 23.8 Å². The number of likely N-dealkylation sites (N-methyl/N-ethyl adjacent to an activating group) is 1. The Kier molecular flexibility index (Phi) is 6.02. The number of rotatable bonds is 8. The lowest BCUT2D eigenvalue weighted by molar-refractivity contribution is 0.414. The van der Waals surface area contributed by atoms with Crippen LogP contribution in [0.1, 0.15) is 23.8 Å². The number of nitrogens with one attached hydrogen (secondary N) is 1. The third-order valence-electron chi connectivity index (χ3n) is 3.36. The molecule has 2 rings (SSSR count). The number of thiazole rings is 1. The molecule has 0 spiro atoms. The van der Waals surface area contributed by atoms with E-state index in [0.717, 1.165) is 31.6 Å². The first kappa shape index (κ1) is 15.0. The third kappa shape index (κ3) is 4.62. The Hall–Kier alpha value is -1.39. The fourth-order valence-corrected chi connectivity index (χ4v) is 2.96. The van der Waals surface area contributed by atoms with Crippen LogP contribution in [0.15, 0.2) is 36.0 Å². The average molecular weight is 290 g/mol. The zero-order chi connectivity index (χ0) is 14.2. The van der Waals surface area contributed by atoms with Gasteiger partial charge in [-0.05, 0) is 43.5 Å². The van der Waals surface area contributed by atoms with Gasteiger partial charge < -0.3 is 10.1 Å². The first-order valence-electron chi connectivity index (χ1n) is 7.05. The molecule has 0 aliphatic carbocycles. The number of aryl methyl sites for hydroxylation is 1. The van der Waals surface area contributed by atoms with Crippen molar-refractivity contribution in [1.82, 2.24) is 10.3 Å². The number of benzene rings is 1. The lowest BCUT2D eigenvalue weighted by Crippen LogP contribution is -2.31. The smallest absolute Gasteiger partial charge is 0.118 e. The van der Waals surface area contributed by atoms with E-state index in [9.17, 15) is 0 Å². The van der Waals surface area contributed by atoms with Crippen LogP contribution in [-0.2, 0) is 12.8 Å². The minimum absolute atomic E-state index is 0.516. The normalized spacial score (nSPS) is 12.3. The van der Waals surface area contributed by atoms with Gasteiger partial charge in [0.1, 0.15) is 5.75 Å². The number of nitrogens with zero attached hydrogens (tertiary/aromatic N) is 1. The summed E-state index contributed by atoms with van der Waals surface area (Å²) in [6.07, 6.45) is 5.26. The van der Waals surface area contributed by atoms with Crippen molar-refractivity contribution < 1.29 is 4.74 Å². The van der Waals surface area contributed by atoms with Crippen LogP contribution in [0.5, 0.6) is 5.75 Å². The summed E-state index contributed by atoms with van der Waals surface area (Å²) in [5, 5.41) is 3.57. The molecule has 0 bridgehead atoms. The van der Waals surface area contributed by atoms with Crippen molar-refractivity contribution >= 4 is 11.3 Å². The largest absolute Gasteiger partial charge is 0.497 e. The van der Waals surface area contributed by atoms with E-state index in [0.29, 0.717) is 6.04 Å². The molecular weight excluding hydrogens is 268 g/mol. The van der Waals surface area contributed by atoms with Crippen LogP contribution in [0.3, 0.4) is 0 Å². The first-order chi connectivity index (χ1) is 9.81. The van der Waals surface area contributed by atoms with E-state index >= 15 is 0 Å². The summed E-state index contributed by atoms with van der Waals surface area (Å²) in [7, 11) is 1.70. The number of aromatic nitrogens is 1. The number of ether oxygens (including phenoxy) is 1. The van der Waals surface area contributed by atoms with Crippen molar-refractivity contribution in [2.45, 2.75) is 32.2 Å². The minimum Gasteiger partial charge on any atom is -0.497 e. The highest BCUT2D eigenvalue weighted by molar-refractivity contribution is 7.09. The van der Waals surface area contributed by atoms with Gasteiger partial charge in [-0.25, -0.2) is 0 Å². The second-order valence-corrected chi connectivity index (χ2v) is 5.78. The fourth-order valence-electron chi connectivity index (χ4n) is 2.28. The van der Waals surface area contributed by atoms with Gasteiger partial charge in [-0.2, -0.15) is 0 Å². The van der Waals surface area contributed by atoms with E-state index in [1.54, 1.807) is 18.4 Å². The van der Waals surface area contributed by atoms with Crippen LogP contribution in [-0.4, -0.2) is 24.7 Å². The van der Waals surface area contributed by atoms with Crippen molar-refractivity contribution in [3.63, 3.8) is 0 Å². The summed E-state index contributed by atoms with van der Waals surface area (Å²) in [5.41, 5.74) is 3.26. The van der Waals surface area contributed by atoms with Gasteiger partial charge in [0.25, 0.3) is 0 Å². The number of hydrogen-bond acceptors (Lipinski definition) is 4. The van der Waals surface area contributed by atoms with E-state index in [2.05, 4.69) is 29.4 Å². The molecule has 0 fully saturated rings. The molecule has 2 aromatic rings. The topological polar surface area (TPSA) is 34.1 Å². The van der Waals surface area contributed by atoms with Gasteiger partial charge in [-0.3, -0.25) is 4.98 Å². The maximum Gasteiger partial charge on any atom is 0.118 e. The van der Waals surface area contributed by atoms with Crippen LogP contribution in [0.2, 0.25) is 0 Å². The molecule has 0 aliphatic heterocycles. The summed E-state index contributed by atoms with van der Waals surface area (Å²) < 4.78 is 5.19. The summed E-state index contributed by atoms with van der Waals surface area (Å²) in [4.78, 5) is 5.50. The van der Waals surface area contributed by atoms with Gasteiger partial charge in [-0.1, -0.05) is 19.1 Å². The predicted molar refractivity (Wildman–Crippen MR) is 84.6 cm³/mol. The van der Waals surface area contributed by atoms with Crippen molar-refractivity contribution in [3.05, 3.63) is 46.4 Å². The van der Waals surface area contributed by atoms with Gasteiger partial charge in [0, 0.05) is 17.1 Å². The van der Waals surface area contributed by atoms with Crippen LogP contribution in [0.4, 0.5) is 0 Å². The Morgan fingerprint density at radius 2 is 2.10 bits per heavy atom. The van der Waals surface area contributed by atoms with E-state index in [-0.39, 0.29) is 0 Å². The Balaban J connectivity index is 1.87. The summed E-state index contributed by atoms with van der Waals surface area (Å²) in [6.45, 7) is 3.17. The quantitative estimate of drug-likeness (QED) is 0.810. The molecule has 1 aromatic carbocycles. The maximum atomic E-state index is 5.19. The molecule has 108 valence electrons. The summed E-state index contributed by atoms with van der Waals surface area (Å²) >= 11 is 1.74. The second kappa shape index (κ2) is 8.02. The number of methoxy groups -OCH3 is 1. The second-order valence-electron chi connectivity index (χ2n) is 4.81. The van der Waals surface area contributed by atoms with E-state index < -0.39 is 0 Å². The van der Waals surface area contributed by atoms with Crippen LogP contribution in [0, 0.1) is 0 Å². The summed E-state index contributed by atoms with van der Waals surface area (Å²) in [6, 6.07) is 8.87. The molecule has 20 heavy (non-hydrogen) atoms. The van der Waals surface area contributed by atoms with Gasteiger partial charge in [-0.15, -0.1) is 11.3 Å². The van der Waals surface area contributed by atoms with Gasteiger partial charge in [0.2, 0.25) is 0 Å². The number of hydrogen-bond donors (Lipinski definition) is 1. The molecule has 0 radical (unpaired) electrons. The van der Waals surface area contributed by atoms with Crippen LogP contribution < -0.4 is 10.1 Å². The Labute approximate surface area is 125 Å². The molecule has 0 saturated heterocycles. The van der Waals surface area contributed by atoms with Gasteiger partial charge in [0.05, 0.1) is 12.6 Å². The molecule has 4 heteroatoms. The molecule has 1 heterocycles. The third-order valence-corrected chi connectivity index (χ3v) is 4.17. The van der Waals surface area contributed by atoms with Crippen LogP contribution in [0.25, 0.3) is 0 Å². The molecule has 1 N–H and O–H groups in total. The SMILES string of the molecule is CCNC(CCc1ccc(OC)cc1)Cc1cncs1. The molecule has 3 nitrogen and oxygen atoms in total. The van der Waals surface area contributed by atoms with Crippen molar-refractivity contribution in [2.24, 2.45) is 0 Å². The highest BCUT2D eigenvalue weighted by Gasteiger charge is 2.09. The monoisotopic (exact) mass is 290 g/mol. The molecular formula is C16H22N2OS. The fraction of sp³-hybridized carbons (Fsp3) is 0.438. The van der Waals surface area contributed by atoms with Crippen LogP contribution >= 0.6 is 11.3 Å². The molecule has 0 aliphatic rings. The van der Waals surface area contributed by atoms with Gasteiger partial charge >= 0.3 is 0 Å². The predicted octanol–water partition coefficient (Wildman–Crippen LogP) is 3.31. The highest BCUT2D eigenvalue weighted by Crippen LogP contribution is 2.15. The molecule has 0 saturated carbocycles. The molecule has 0 amide bonds. The van der Waals surface area contributed by atoms with Gasteiger partial charge in [0.15, 0.2) is 0 Å². The zero-order valence-corrected chi connectivity index (χ0v) is 13.0. The maximum absolute atomic E-state index is 5.19. The first-order valence-corrected chi connectivity index (χ1v) is 7.93. The van der Waals surface area contributed by atoms with Crippen molar-refractivity contribution in [3.8, 4) is 5.75 Å². The summed E-state index contributed by atoms with van der Waals surface area (Å²) in [5.74, 6) is 0.918. The lowest BCUT2D eigenvalue weighted by atomic mass is 10.0. The van der Waals surface area contributed by atoms with E-state index in [4.69, 9.17) is 4.74 Å². The average Bonchev–Trinajstić information content (AvgIpc) is 2.98.